The Morgan fingerprint density at radius 1 is 1.00 bits per heavy atom. The molecule has 0 saturated heterocycles. The second kappa shape index (κ2) is 10.7. The van der Waals surface area contributed by atoms with E-state index in [2.05, 4.69) is 15.3 Å². The number of hydrogen-bond donors (Lipinski definition) is 1. The van der Waals surface area contributed by atoms with Gasteiger partial charge in [-0.15, -0.1) is 0 Å². The summed E-state index contributed by atoms with van der Waals surface area (Å²) in [7, 11) is 0. The van der Waals surface area contributed by atoms with E-state index in [1.165, 1.54) is 11.8 Å². The van der Waals surface area contributed by atoms with Crippen molar-refractivity contribution in [3.63, 3.8) is 0 Å². The van der Waals surface area contributed by atoms with Gasteiger partial charge in [-0.25, -0.2) is 14.8 Å². The molecule has 1 N–H and O–H groups in total. The number of aromatic nitrogens is 2. The number of carbonyl (C=O) groups excluding carboxylic acids is 2. The number of thioether (sulfide) groups is 1. The van der Waals surface area contributed by atoms with Crippen LogP contribution in [-0.4, -0.2) is 28.5 Å². The Hall–Kier alpha value is -3.19. The molecule has 3 aromatic rings. The molecule has 1 aromatic heterocycles. The molecule has 0 saturated carbocycles. The quantitative estimate of drug-likeness (QED) is 0.320. The van der Waals surface area contributed by atoms with Crippen molar-refractivity contribution in [3.8, 4) is 0 Å². The second-order valence-corrected chi connectivity index (χ2v) is 8.05. The van der Waals surface area contributed by atoms with Gasteiger partial charge in [-0.2, -0.15) is 0 Å². The van der Waals surface area contributed by atoms with E-state index >= 15 is 0 Å². The first-order chi connectivity index (χ1) is 15.0. The highest BCUT2D eigenvalue weighted by Crippen LogP contribution is 2.33. The van der Waals surface area contributed by atoms with E-state index in [-0.39, 0.29) is 11.9 Å². The number of esters is 1. The van der Waals surface area contributed by atoms with Gasteiger partial charge in [-0.05, 0) is 50.1 Å². The summed E-state index contributed by atoms with van der Waals surface area (Å²) < 4.78 is 5.00. The van der Waals surface area contributed by atoms with Crippen molar-refractivity contribution in [1.82, 2.24) is 15.3 Å². The molecular weight excluding hydrogens is 410 g/mol. The molecule has 0 aliphatic carbocycles. The van der Waals surface area contributed by atoms with E-state index in [9.17, 15) is 9.59 Å². The van der Waals surface area contributed by atoms with Crippen molar-refractivity contribution < 1.29 is 14.3 Å². The summed E-state index contributed by atoms with van der Waals surface area (Å²) in [4.78, 5) is 33.8. The molecule has 1 atom stereocenters. The van der Waals surface area contributed by atoms with Crippen LogP contribution in [0.25, 0.3) is 0 Å². The van der Waals surface area contributed by atoms with Crippen molar-refractivity contribution in [2.45, 2.75) is 37.7 Å². The highest BCUT2D eigenvalue weighted by atomic mass is 32.2. The first-order valence-corrected chi connectivity index (χ1v) is 10.9. The predicted molar refractivity (Wildman–Crippen MR) is 121 cm³/mol. The van der Waals surface area contributed by atoms with Crippen molar-refractivity contribution in [3.05, 3.63) is 88.7 Å². The standard InChI is InChI=1S/C24H25N3O3S/c1-4-30-23(29)20-12-10-18(11-13-20)15-25-22(28)21(19-8-6-5-7-9-19)31-24-26-16(2)14-17(3)27-24/h5-14,21H,4,15H2,1-3H3,(H,25,28)/t21-/m1/s1. The van der Waals surface area contributed by atoms with Crippen molar-refractivity contribution in [2.75, 3.05) is 6.61 Å². The van der Waals surface area contributed by atoms with Crippen LogP contribution in [0.5, 0.6) is 0 Å². The van der Waals surface area contributed by atoms with Crippen LogP contribution < -0.4 is 5.32 Å². The van der Waals surface area contributed by atoms with Crippen LogP contribution in [0.2, 0.25) is 0 Å². The SMILES string of the molecule is CCOC(=O)c1ccc(CNC(=O)[C@H](Sc2nc(C)cc(C)n2)c2ccccc2)cc1. The Morgan fingerprint density at radius 3 is 2.26 bits per heavy atom. The van der Waals surface area contributed by atoms with Crippen molar-refractivity contribution in [2.24, 2.45) is 0 Å². The van der Waals surface area contributed by atoms with E-state index < -0.39 is 5.25 Å². The lowest BCUT2D eigenvalue weighted by atomic mass is 10.1. The number of aryl methyl sites for hydroxylation is 2. The van der Waals surface area contributed by atoms with Crippen LogP contribution in [0.1, 0.15) is 45.0 Å². The Bertz CT molecular complexity index is 1020. The average molecular weight is 436 g/mol. The fourth-order valence-electron chi connectivity index (χ4n) is 3.01. The molecule has 160 valence electrons. The zero-order valence-corrected chi connectivity index (χ0v) is 18.6. The Balaban J connectivity index is 1.72. The van der Waals surface area contributed by atoms with Gasteiger partial charge in [0.2, 0.25) is 5.91 Å². The van der Waals surface area contributed by atoms with Gasteiger partial charge in [-0.3, -0.25) is 4.79 Å². The number of carbonyl (C=O) groups is 2. The number of nitrogens with one attached hydrogen (secondary N) is 1. The summed E-state index contributed by atoms with van der Waals surface area (Å²) in [6, 6.07) is 18.5. The summed E-state index contributed by atoms with van der Waals surface area (Å²) in [6.45, 7) is 6.28. The smallest absolute Gasteiger partial charge is 0.338 e. The molecule has 0 bridgehead atoms. The average Bonchev–Trinajstić information content (AvgIpc) is 2.76. The molecule has 31 heavy (non-hydrogen) atoms. The Labute approximate surface area is 186 Å². The molecule has 2 aromatic carbocycles. The van der Waals surface area contributed by atoms with Gasteiger partial charge in [0.25, 0.3) is 0 Å². The summed E-state index contributed by atoms with van der Waals surface area (Å²) in [6.07, 6.45) is 0. The number of benzene rings is 2. The molecule has 0 aliphatic rings. The third kappa shape index (κ3) is 6.39. The topological polar surface area (TPSA) is 81.2 Å². The first-order valence-electron chi connectivity index (χ1n) is 10.0. The second-order valence-electron chi connectivity index (χ2n) is 6.98. The number of nitrogens with zero attached hydrogens (tertiary/aromatic N) is 2. The minimum atomic E-state index is -0.485. The van der Waals surface area contributed by atoms with Crippen LogP contribution >= 0.6 is 11.8 Å². The minimum Gasteiger partial charge on any atom is -0.462 e. The summed E-state index contributed by atoms with van der Waals surface area (Å²) >= 11 is 1.33. The molecule has 0 aliphatic heterocycles. The number of amides is 1. The minimum absolute atomic E-state index is 0.131. The van der Waals surface area contributed by atoms with E-state index in [1.807, 2.05) is 62.4 Å². The molecule has 0 fully saturated rings. The first kappa shape index (κ1) is 22.5. The maximum Gasteiger partial charge on any atom is 0.338 e. The number of rotatable bonds is 8. The van der Waals surface area contributed by atoms with Crippen LogP contribution in [0.4, 0.5) is 0 Å². The molecular formula is C24H25N3O3S. The Kier molecular flexibility index (Phi) is 7.78. The number of ether oxygens (including phenoxy) is 1. The van der Waals surface area contributed by atoms with E-state index in [0.29, 0.717) is 23.9 Å². The third-order valence-electron chi connectivity index (χ3n) is 4.46. The maximum absolute atomic E-state index is 13.1. The van der Waals surface area contributed by atoms with Gasteiger partial charge < -0.3 is 10.1 Å². The van der Waals surface area contributed by atoms with Gasteiger partial charge in [0.15, 0.2) is 5.16 Å². The zero-order valence-electron chi connectivity index (χ0n) is 17.8. The van der Waals surface area contributed by atoms with Gasteiger partial charge in [0.1, 0.15) is 5.25 Å². The third-order valence-corrected chi connectivity index (χ3v) is 5.57. The molecule has 0 radical (unpaired) electrons. The lowest BCUT2D eigenvalue weighted by molar-refractivity contribution is -0.120. The largest absolute Gasteiger partial charge is 0.462 e. The van der Waals surface area contributed by atoms with Crippen molar-refractivity contribution in [1.29, 1.82) is 0 Å². The van der Waals surface area contributed by atoms with Crippen molar-refractivity contribution >= 4 is 23.6 Å². The number of hydrogen-bond acceptors (Lipinski definition) is 6. The van der Waals surface area contributed by atoms with Crippen LogP contribution in [0, 0.1) is 13.8 Å². The molecule has 3 rings (SSSR count). The fourth-order valence-corrected chi connectivity index (χ4v) is 4.10. The summed E-state index contributed by atoms with van der Waals surface area (Å²) in [5, 5.41) is 3.07. The van der Waals surface area contributed by atoms with Gasteiger partial charge in [0, 0.05) is 17.9 Å². The van der Waals surface area contributed by atoms with E-state index in [4.69, 9.17) is 4.74 Å². The van der Waals surface area contributed by atoms with E-state index in [0.717, 1.165) is 22.5 Å². The van der Waals surface area contributed by atoms with Gasteiger partial charge in [0.05, 0.1) is 12.2 Å². The Morgan fingerprint density at radius 2 is 1.65 bits per heavy atom. The highest BCUT2D eigenvalue weighted by Gasteiger charge is 2.23. The summed E-state index contributed by atoms with van der Waals surface area (Å²) in [5.74, 6) is -0.486. The molecule has 6 nitrogen and oxygen atoms in total. The van der Waals surface area contributed by atoms with Crippen LogP contribution in [0.3, 0.4) is 0 Å². The molecule has 7 heteroatoms. The molecule has 1 amide bonds. The van der Waals surface area contributed by atoms with Crippen LogP contribution in [-0.2, 0) is 16.1 Å². The predicted octanol–water partition coefficient (Wildman–Crippen LogP) is 4.42. The molecule has 1 heterocycles. The normalized spacial score (nSPS) is 11.6. The zero-order chi connectivity index (χ0) is 22.2. The fraction of sp³-hybridized carbons (Fsp3) is 0.250. The summed E-state index contributed by atoms with van der Waals surface area (Å²) in [5.41, 5.74) is 3.99. The molecule has 0 unspecified atom stereocenters. The van der Waals surface area contributed by atoms with Gasteiger partial charge in [-0.1, -0.05) is 54.2 Å². The van der Waals surface area contributed by atoms with Crippen LogP contribution in [0.15, 0.2) is 65.8 Å². The van der Waals surface area contributed by atoms with Gasteiger partial charge >= 0.3 is 5.97 Å². The maximum atomic E-state index is 13.1. The van der Waals surface area contributed by atoms with E-state index in [1.54, 1.807) is 19.1 Å². The molecule has 0 spiro atoms. The monoisotopic (exact) mass is 435 g/mol. The highest BCUT2D eigenvalue weighted by molar-refractivity contribution is 8.00. The lowest BCUT2D eigenvalue weighted by Gasteiger charge is -2.17. The lowest BCUT2D eigenvalue weighted by Crippen LogP contribution is -2.27.